The standard InChI is InChI=1S/C14H15NO3S/c1-17-14(16)10-6-11(9-2-4-18-5-3-9)13-12(7-10)19-8-15-13/h6-9H,2-5H2,1H3. The molecule has 0 amide bonds. The van der Waals surface area contributed by atoms with Crippen molar-refractivity contribution in [3.8, 4) is 0 Å². The predicted molar refractivity (Wildman–Crippen MR) is 73.8 cm³/mol. The predicted octanol–water partition coefficient (Wildman–Crippen LogP) is 2.98. The number of carbonyl (C=O) groups is 1. The molecule has 1 fully saturated rings. The zero-order valence-electron chi connectivity index (χ0n) is 10.7. The minimum atomic E-state index is -0.288. The number of rotatable bonds is 2. The van der Waals surface area contributed by atoms with Crippen LogP contribution in [0.5, 0.6) is 0 Å². The number of benzene rings is 1. The Bertz CT molecular complexity index is 602. The molecule has 0 N–H and O–H groups in total. The number of methoxy groups -OCH3 is 1. The monoisotopic (exact) mass is 277 g/mol. The van der Waals surface area contributed by atoms with Gasteiger partial charge in [-0.25, -0.2) is 9.78 Å². The highest BCUT2D eigenvalue weighted by Crippen LogP contribution is 2.34. The number of thiazole rings is 1. The number of esters is 1. The summed E-state index contributed by atoms with van der Waals surface area (Å²) < 4.78 is 11.3. The molecule has 1 aliphatic heterocycles. The molecule has 3 rings (SSSR count). The van der Waals surface area contributed by atoms with Crippen molar-refractivity contribution in [2.24, 2.45) is 0 Å². The Morgan fingerprint density at radius 3 is 2.95 bits per heavy atom. The van der Waals surface area contributed by atoms with Gasteiger partial charge in [-0.3, -0.25) is 0 Å². The van der Waals surface area contributed by atoms with E-state index in [4.69, 9.17) is 9.47 Å². The maximum atomic E-state index is 11.8. The topological polar surface area (TPSA) is 48.4 Å². The molecular formula is C14H15NO3S. The number of hydrogen-bond acceptors (Lipinski definition) is 5. The fraction of sp³-hybridized carbons (Fsp3) is 0.429. The summed E-state index contributed by atoms with van der Waals surface area (Å²) in [5.74, 6) is 0.131. The number of carbonyl (C=O) groups excluding carboxylic acids is 1. The summed E-state index contributed by atoms with van der Waals surface area (Å²) in [4.78, 5) is 16.2. The van der Waals surface area contributed by atoms with Gasteiger partial charge in [0.25, 0.3) is 0 Å². The van der Waals surface area contributed by atoms with E-state index < -0.39 is 0 Å². The second-order valence-electron chi connectivity index (χ2n) is 4.64. The van der Waals surface area contributed by atoms with E-state index in [0.717, 1.165) is 41.8 Å². The van der Waals surface area contributed by atoms with Gasteiger partial charge in [-0.1, -0.05) is 0 Å². The van der Waals surface area contributed by atoms with Crippen molar-refractivity contribution >= 4 is 27.5 Å². The van der Waals surface area contributed by atoms with Crippen LogP contribution in [0, 0.1) is 0 Å². The first kappa shape index (κ1) is 12.6. The zero-order chi connectivity index (χ0) is 13.2. The van der Waals surface area contributed by atoms with Gasteiger partial charge in [-0.05, 0) is 36.5 Å². The first-order valence-electron chi connectivity index (χ1n) is 6.33. The largest absolute Gasteiger partial charge is 0.465 e. The molecule has 1 saturated heterocycles. The van der Waals surface area contributed by atoms with E-state index in [0.29, 0.717) is 11.5 Å². The second kappa shape index (κ2) is 5.27. The fourth-order valence-electron chi connectivity index (χ4n) is 2.55. The average molecular weight is 277 g/mol. The van der Waals surface area contributed by atoms with Crippen LogP contribution in [0.2, 0.25) is 0 Å². The lowest BCUT2D eigenvalue weighted by Gasteiger charge is -2.23. The second-order valence-corrected chi connectivity index (χ2v) is 5.53. The van der Waals surface area contributed by atoms with Gasteiger partial charge in [0.15, 0.2) is 0 Å². The summed E-state index contributed by atoms with van der Waals surface area (Å²) in [5.41, 5.74) is 4.61. The Kier molecular flexibility index (Phi) is 3.48. The molecule has 2 heterocycles. The van der Waals surface area contributed by atoms with Crippen LogP contribution in [-0.2, 0) is 9.47 Å². The van der Waals surface area contributed by atoms with Crippen molar-refractivity contribution in [3.63, 3.8) is 0 Å². The van der Waals surface area contributed by atoms with Crippen LogP contribution in [0.4, 0.5) is 0 Å². The van der Waals surface area contributed by atoms with Crippen molar-refractivity contribution in [2.75, 3.05) is 20.3 Å². The van der Waals surface area contributed by atoms with Crippen LogP contribution in [0.3, 0.4) is 0 Å². The van der Waals surface area contributed by atoms with Crippen LogP contribution in [0.25, 0.3) is 10.2 Å². The minimum Gasteiger partial charge on any atom is -0.465 e. The molecule has 5 heteroatoms. The van der Waals surface area contributed by atoms with E-state index in [1.807, 2.05) is 17.6 Å². The number of nitrogens with zero attached hydrogens (tertiary/aromatic N) is 1. The van der Waals surface area contributed by atoms with Crippen molar-refractivity contribution in [1.82, 2.24) is 4.98 Å². The Labute approximate surface area is 115 Å². The molecule has 19 heavy (non-hydrogen) atoms. The highest BCUT2D eigenvalue weighted by Gasteiger charge is 2.21. The van der Waals surface area contributed by atoms with E-state index in [1.54, 1.807) is 11.3 Å². The average Bonchev–Trinajstić information content (AvgIpc) is 2.94. The number of hydrogen-bond donors (Lipinski definition) is 0. The number of fused-ring (bicyclic) bond motifs is 1. The summed E-state index contributed by atoms with van der Waals surface area (Å²) in [6, 6.07) is 3.80. The van der Waals surface area contributed by atoms with Crippen molar-refractivity contribution < 1.29 is 14.3 Å². The molecule has 0 atom stereocenters. The van der Waals surface area contributed by atoms with Crippen LogP contribution in [0.15, 0.2) is 17.6 Å². The van der Waals surface area contributed by atoms with Gasteiger partial charge < -0.3 is 9.47 Å². The lowest BCUT2D eigenvalue weighted by atomic mass is 9.90. The summed E-state index contributed by atoms with van der Waals surface area (Å²) in [7, 11) is 1.41. The summed E-state index contributed by atoms with van der Waals surface area (Å²) in [6.45, 7) is 1.55. The quantitative estimate of drug-likeness (QED) is 0.792. The molecule has 1 aromatic carbocycles. The van der Waals surface area contributed by atoms with Gasteiger partial charge in [0, 0.05) is 13.2 Å². The van der Waals surface area contributed by atoms with Crippen LogP contribution < -0.4 is 0 Å². The number of aromatic nitrogens is 1. The van der Waals surface area contributed by atoms with E-state index in [2.05, 4.69) is 4.98 Å². The van der Waals surface area contributed by atoms with Crippen molar-refractivity contribution in [2.45, 2.75) is 18.8 Å². The maximum absolute atomic E-state index is 11.8. The van der Waals surface area contributed by atoms with Gasteiger partial charge in [0.05, 0.1) is 28.4 Å². The van der Waals surface area contributed by atoms with Crippen LogP contribution in [-0.4, -0.2) is 31.3 Å². The van der Waals surface area contributed by atoms with Gasteiger partial charge in [0.2, 0.25) is 0 Å². The van der Waals surface area contributed by atoms with E-state index in [9.17, 15) is 4.79 Å². The Hall–Kier alpha value is -1.46. The first-order chi connectivity index (χ1) is 9.29. The van der Waals surface area contributed by atoms with Gasteiger partial charge in [-0.15, -0.1) is 11.3 Å². The minimum absolute atomic E-state index is 0.288. The summed E-state index contributed by atoms with van der Waals surface area (Å²) >= 11 is 1.56. The zero-order valence-corrected chi connectivity index (χ0v) is 11.5. The molecule has 100 valence electrons. The molecule has 0 spiro atoms. The highest BCUT2D eigenvalue weighted by molar-refractivity contribution is 7.16. The molecule has 0 aliphatic carbocycles. The molecule has 0 bridgehead atoms. The molecule has 0 radical (unpaired) electrons. The van der Waals surface area contributed by atoms with Gasteiger partial charge in [-0.2, -0.15) is 0 Å². The Morgan fingerprint density at radius 2 is 2.21 bits per heavy atom. The van der Waals surface area contributed by atoms with Crippen LogP contribution >= 0.6 is 11.3 Å². The fourth-order valence-corrected chi connectivity index (χ4v) is 3.30. The Balaban J connectivity index is 2.09. The van der Waals surface area contributed by atoms with E-state index in [-0.39, 0.29) is 5.97 Å². The van der Waals surface area contributed by atoms with Crippen LogP contribution in [0.1, 0.15) is 34.7 Å². The molecule has 2 aromatic rings. The Morgan fingerprint density at radius 1 is 1.42 bits per heavy atom. The first-order valence-corrected chi connectivity index (χ1v) is 7.21. The SMILES string of the molecule is COC(=O)c1cc(C2CCOCC2)c2ncsc2c1. The molecule has 0 saturated carbocycles. The van der Waals surface area contributed by atoms with Gasteiger partial charge in [0.1, 0.15) is 0 Å². The van der Waals surface area contributed by atoms with Gasteiger partial charge >= 0.3 is 5.97 Å². The highest BCUT2D eigenvalue weighted by atomic mass is 32.1. The molecule has 0 unspecified atom stereocenters. The smallest absolute Gasteiger partial charge is 0.337 e. The van der Waals surface area contributed by atoms with E-state index in [1.165, 1.54) is 7.11 Å². The molecule has 4 nitrogen and oxygen atoms in total. The molecule has 1 aliphatic rings. The molecule has 1 aromatic heterocycles. The molecular weight excluding hydrogens is 262 g/mol. The maximum Gasteiger partial charge on any atom is 0.337 e. The van der Waals surface area contributed by atoms with E-state index >= 15 is 0 Å². The third kappa shape index (κ3) is 2.35. The third-order valence-electron chi connectivity index (χ3n) is 3.55. The van der Waals surface area contributed by atoms with Crippen molar-refractivity contribution in [1.29, 1.82) is 0 Å². The van der Waals surface area contributed by atoms with Crippen molar-refractivity contribution in [3.05, 3.63) is 28.8 Å². The summed E-state index contributed by atoms with van der Waals surface area (Å²) in [6.07, 6.45) is 1.97. The summed E-state index contributed by atoms with van der Waals surface area (Å²) in [5, 5.41) is 0. The lowest BCUT2D eigenvalue weighted by molar-refractivity contribution is 0.0600. The third-order valence-corrected chi connectivity index (χ3v) is 4.32. The number of ether oxygens (including phenoxy) is 2. The normalized spacial score (nSPS) is 16.7. The lowest BCUT2D eigenvalue weighted by Crippen LogP contribution is -2.15.